The van der Waals surface area contributed by atoms with E-state index in [2.05, 4.69) is 66.0 Å². The molecule has 13 rings (SSSR count). The predicted octanol–water partition coefficient (Wildman–Crippen LogP) is 4.79. The summed E-state index contributed by atoms with van der Waals surface area (Å²) < 4.78 is 1.42. The Morgan fingerprint density at radius 2 is 1.38 bits per heavy atom. The molecule has 0 aliphatic carbocycles. The van der Waals surface area contributed by atoms with Gasteiger partial charge in [-0.2, -0.15) is 0 Å². The Balaban J connectivity index is 1.26. The maximum atomic E-state index is 5.29. The normalized spacial score (nSPS) is 79.6. The van der Waals surface area contributed by atoms with Gasteiger partial charge in [0, 0.05) is 0 Å². The van der Waals surface area contributed by atoms with Crippen LogP contribution in [-0.4, -0.2) is 23.0 Å². The fourth-order valence-electron chi connectivity index (χ4n) is 20.0. The van der Waals surface area contributed by atoms with Crippen molar-refractivity contribution in [2.24, 2.45) is 4.99 Å². The summed E-state index contributed by atoms with van der Waals surface area (Å²) >= 11 is 0. The van der Waals surface area contributed by atoms with Gasteiger partial charge in [-0.1, -0.05) is 0 Å². The third kappa shape index (κ3) is 0.230. The number of hydrogen-bond acceptors (Lipinski definition) is 2. The minimum atomic E-state index is -3.58. The zero-order valence-electron chi connectivity index (χ0n) is 16.1. The van der Waals surface area contributed by atoms with E-state index >= 15 is 0 Å². The summed E-state index contributed by atoms with van der Waals surface area (Å²) in [5.74, 6) is 1.61. The van der Waals surface area contributed by atoms with Crippen LogP contribution >= 0.6 is 7.92 Å². The van der Waals surface area contributed by atoms with E-state index in [1.807, 2.05) is 0 Å². The van der Waals surface area contributed by atoms with Gasteiger partial charge in [-0.15, -0.1) is 0 Å². The van der Waals surface area contributed by atoms with Gasteiger partial charge in [0.05, 0.1) is 0 Å². The molecular weight excluding hydrogens is 415 g/mol. The molecule has 2 aromatic carbocycles. The van der Waals surface area contributed by atoms with Crippen molar-refractivity contribution < 1.29 is 6.51 Å². The maximum absolute atomic E-state index is 5.29. The third-order valence-corrected chi connectivity index (χ3v) is 67.9. The monoisotopic (exact) mass is 438 g/mol. The second-order valence-electron chi connectivity index (χ2n) is 13.9. The van der Waals surface area contributed by atoms with E-state index in [-0.39, 0.29) is 7.92 Å². The first-order valence-electron chi connectivity index (χ1n) is 11.5. The standard InChI is InChI=1S/C20H18N2P.C5H5.Fe/c1-3-8-16(9-4-1)23(17-10-5-2-6-11-17)19-13-7-12-18(19)20-21-14-15-22-20;1-2-4-5-3-1;/h1-13H,14-15H2,(H,21,22);1-5H;. The third-order valence-electron chi connectivity index (χ3n) is 18.2. The first kappa shape index (κ1) is 12.7. The van der Waals surface area contributed by atoms with Crippen LogP contribution in [0.2, 0.25) is 42.8 Å². The Morgan fingerprint density at radius 1 is 0.793 bits per heavy atom. The molecule has 0 amide bonds. The molecule has 2 aromatic rings. The number of fused-ring (bicyclic) bond motifs is 10. The van der Waals surface area contributed by atoms with Crippen LogP contribution in [0.5, 0.6) is 0 Å². The number of amidine groups is 1. The van der Waals surface area contributed by atoms with Gasteiger partial charge in [-0.3, -0.25) is 0 Å². The van der Waals surface area contributed by atoms with Crippen molar-refractivity contribution >= 4 is 24.4 Å². The first-order valence-corrected chi connectivity index (χ1v) is 19.1. The zero-order valence-corrected chi connectivity index (χ0v) is 18.1. The second-order valence-corrected chi connectivity index (χ2v) is 39.9. The Labute approximate surface area is 161 Å². The molecule has 0 radical (unpaired) electrons. The van der Waals surface area contributed by atoms with Crippen molar-refractivity contribution in [3.63, 3.8) is 0 Å². The number of aliphatic imine (C=N–C) groups is 1. The van der Waals surface area contributed by atoms with Crippen LogP contribution in [0.1, 0.15) is 0 Å². The molecule has 146 valence electrons. The van der Waals surface area contributed by atoms with Crippen LogP contribution in [0.4, 0.5) is 0 Å². The van der Waals surface area contributed by atoms with E-state index in [0.717, 1.165) is 17.1 Å². The van der Waals surface area contributed by atoms with E-state index in [1.54, 1.807) is 16.4 Å². The number of rotatable bonds is 4. The van der Waals surface area contributed by atoms with Crippen LogP contribution in [0.25, 0.3) is 0 Å². The Bertz CT molecular complexity index is 1620. The predicted molar refractivity (Wildman–Crippen MR) is 115 cm³/mol. The van der Waals surface area contributed by atoms with Gasteiger partial charge in [0.25, 0.3) is 0 Å². The minimum absolute atomic E-state index is 0.254. The molecule has 4 unspecified atom stereocenters. The number of nitrogens with zero attached hydrogens (tertiary/aromatic N) is 1. The van der Waals surface area contributed by atoms with Crippen LogP contribution in [0.15, 0.2) is 65.7 Å². The molecule has 11 heterocycles. The molecule has 11 aliphatic rings. The first-order chi connectivity index (χ1) is 14.1. The summed E-state index contributed by atoms with van der Waals surface area (Å²) in [4.78, 5) is 15.6. The van der Waals surface area contributed by atoms with E-state index in [4.69, 9.17) is 4.99 Å². The molecule has 0 saturated carbocycles. The summed E-state index contributed by atoms with van der Waals surface area (Å²) in [7, 11) is -0.254. The van der Waals surface area contributed by atoms with Gasteiger partial charge >= 0.3 is 162 Å². The molecule has 5 atom stereocenters. The van der Waals surface area contributed by atoms with Gasteiger partial charge in [-0.05, 0) is 0 Å². The summed E-state index contributed by atoms with van der Waals surface area (Å²) in [6, 6.07) is 23.7. The van der Waals surface area contributed by atoms with Crippen LogP contribution in [0, 0.1) is 0 Å². The molecule has 0 bridgehead atoms. The van der Waals surface area contributed by atoms with Gasteiger partial charge < -0.3 is 0 Å². The average molecular weight is 438 g/mol. The van der Waals surface area contributed by atoms with E-state index in [1.165, 1.54) is 38.5 Å². The van der Waals surface area contributed by atoms with Gasteiger partial charge in [0.15, 0.2) is 0 Å². The molecule has 0 aromatic heterocycles. The molecular formula is C25H23FeN2P. The van der Waals surface area contributed by atoms with E-state index in [0.29, 0.717) is 4.31 Å². The van der Waals surface area contributed by atoms with Gasteiger partial charge in [0.2, 0.25) is 0 Å². The van der Waals surface area contributed by atoms with Crippen LogP contribution in [0.3, 0.4) is 0 Å². The van der Waals surface area contributed by atoms with E-state index < -0.39 is 6.51 Å². The molecule has 1 N–H and O–H groups in total. The molecule has 1 spiro atoms. The van der Waals surface area contributed by atoms with Crippen molar-refractivity contribution in [3.8, 4) is 0 Å². The van der Waals surface area contributed by atoms with E-state index in [9.17, 15) is 0 Å². The summed E-state index contributed by atoms with van der Waals surface area (Å²) in [5.41, 5.74) is 0. The zero-order chi connectivity index (χ0) is 18.1. The van der Waals surface area contributed by atoms with Crippen molar-refractivity contribution in [1.82, 2.24) is 5.32 Å². The van der Waals surface area contributed by atoms with Gasteiger partial charge in [0.1, 0.15) is 0 Å². The molecule has 4 heteroatoms. The Hall–Kier alpha value is -1.14. The Morgan fingerprint density at radius 3 is 1.83 bits per heavy atom. The topological polar surface area (TPSA) is 24.4 Å². The number of nitrogens with one attached hydrogen (secondary N) is 1. The van der Waals surface area contributed by atoms with Crippen LogP contribution < -0.4 is 15.9 Å². The van der Waals surface area contributed by atoms with Crippen molar-refractivity contribution in [2.75, 3.05) is 13.1 Å². The molecule has 11 aliphatic heterocycles. The van der Waals surface area contributed by atoms with Crippen molar-refractivity contribution in [1.29, 1.82) is 0 Å². The molecule has 10 fully saturated rings. The average Bonchev–Trinajstić information content (AvgIpc) is 3.63. The quantitative estimate of drug-likeness (QED) is 0.539. The SMILES string of the molecule is c1ccc(P(c2ccccc2)[C]23[CH]4[CH]5[CH]6[C@@]2(C2=NCCN2)[Fe]54632789[CH]3[CH]2[CH]7[CH]8[CH]39)cc1. The number of hydrogen-bond donors (Lipinski definition) is 1. The van der Waals surface area contributed by atoms with Crippen molar-refractivity contribution in [2.45, 2.75) is 46.9 Å². The summed E-state index contributed by atoms with van der Waals surface area (Å²) in [6.07, 6.45) is 0. The fourth-order valence-corrected chi connectivity index (χ4v) is 110. The summed E-state index contributed by atoms with van der Waals surface area (Å²) in [6.45, 7) is -1.42. The number of benzene rings is 2. The summed E-state index contributed by atoms with van der Waals surface area (Å²) in [5, 5.41) is 7.34. The van der Waals surface area contributed by atoms with Crippen molar-refractivity contribution in [3.05, 3.63) is 60.7 Å². The van der Waals surface area contributed by atoms with Crippen LogP contribution in [-0.2, 0) is 6.51 Å². The fraction of sp³-hybridized carbons (Fsp3) is 0.480. The molecule has 29 heavy (non-hydrogen) atoms. The molecule has 2 nitrogen and oxygen atoms in total. The Kier molecular flexibility index (Phi) is 0.699. The molecule has 10 saturated heterocycles. The van der Waals surface area contributed by atoms with Gasteiger partial charge in [-0.25, -0.2) is 0 Å². The second kappa shape index (κ2) is 1.60.